The van der Waals surface area contributed by atoms with E-state index in [0.717, 1.165) is 64.2 Å². The molecule has 2 aliphatic rings. The van der Waals surface area contributed by atoms with Gasteiger partial charge in [0.05, 0.1) is 13.2 Å². The molecule has 28 heavy (non-hydrogen) atoms. The third kappa shape index (κ3) is 7.03. The van der Waals surface area contributed by atoms with Crippen LogP contribution in [0, 0.1) is 5.92 Å². The quantitative estimate of drug-likeness (QED) is 0.398. The number of carbonyl (C=O) groups is 2. The van der Waals surface area contributed by atoms with Gasteiger partial charge in [0.2, 0.25) is 0 Å². The summed E-state index contributed by atoms with van der Waals surface area (Å²) in [6, 6.07) is 0. The Labute approximate surface area is 169 Å². The Kier molecular flexibility index (Phi) is 9.22. The minimum absolute atomic E-state index is 0.104. The molecule has 1 aliphatic carbocycles. The topological polar surface area (TPSA) is 71.1 Å². The second-order valence-electron chi connectivity index (χ2n) is 8.48. The van der Waals surface area contributed by atoms with Crippen molar-refractivity contribution in [2.24, 2.45) is 5.92 Å². The first-order valence-corrected chi connectivity index (χ1v) is 11.0. The highest BCUT2D eigenvalue weighted by atomic mass is 16.7. The molecule has 1 unspecified atom stereocenters. The summed E-state index contributed by atoms with van der Waals surface area (Å²) in [7, 11) is 1.42. The summed E-state index contributed by atoms with van der Waals surface area (Å²) in [5.74, 6) is -0.594. The molecule has 0 amide bonds. The maximum Gasteiger partial charge on any atom is 0.305 e. The van der Waals surface area contributed by atoms with Gasteiger partial charge in [-0.2, -0.15) is 0 Å². The van der Waals surface area contributed by atoms with E-state index in [4.69, 9.17) is 18.9 Å². The van der Waals surface area contributed by atoms with E-state index < -0.39 is 5.79 Å². The second kappa shape index (κ2) is 11.1. The van der Waals surface area contributed by atoms with E-state index in [1.807, 2.05) is 0 Å². The Balaban J connectivity index is 1.89. The molecule has 1 saturated carbocycles. The molecular formula is C22H38O6. The van der Waals surface area contributed by atoms with Crippen LogP contribution in [-0.2, 0) is 28.5 Å². The SMILES string of the molecule is CCC1C[C@H]([C@@H](CCCC[C@@H](C)CC(=O)OC)OC(C)=O)OC2(CCCC2)O1. The smallest absolute Gasteiger partial charge is 0.305 e. The molecule has 1 heterocycles. The van der Waals surface area contributed by atoms with Crippen LogP contribution in [-0.4, -0.2) is 43.1 Å². The van der Waals surface area contributed by atoms with Crippen LogP contribution >= 0.6 is 0 Å². The highest BCUT2D eigenvalue weighted by Crippen LogP contribution is 2.42. The van der Waals surface area contributed by atoms with Crippen LogP contribution < -0.4 is 0 Å². The second-order valence-corrected chi connectivity index (χ2v) is 8.48. The Morgan fingerprint density at radius 1 is 1.14 bits per heavy atom. The van der Waals surface area contributed by atoms with Crippen molar-refractivity contribution in [1.29, 1.82) is 0 Å². The van der Waals surface area contributed by atoms with E-state index in [1.165, 1.54) is 14.0 Å². The van der Waals surface area contributed by atoms with Gasteiger partial charge in [0.25, 0.3) is 0 Å². The standard InChI is InChI=1S/C22H38O6/c1-5-18-15-20(28-22(27-18)12-8-9-13-22)19(26-17(3)23)11-7-6-10-16(2)14-21(24)25-4/h16,18-20H,5-15H2,1-4H3/t16-,18?,19-,20-/m1/s1. The maximum atomic E-state index is 11.7. The van der Waals surface area contributed by atoms with Crippen molar-refractivity contribution in [3.8, 4) is 0 Å². The van der Waals surface area contributed by atoms with Gasteiger partial charge in [0.15, 0.2) is 5.79 Å². The van der Waals surface area contributed by atoms with Gasteiger partial charge in [-0.25, -0.2) is 0 Å². The average Bonchev–Trinajstić information content (AvgIpc) is 3.10. The van der Waals surface area contributed by atoms with Gasteiger partial charge in [0, 0.05) is 32.6 Å². The van der Waals surface area contributed by atoms with Crippen molar-refractivity contribution < 1.29 is 28.5 Å². The highest BCUT2D eigenvalue weighted by Gasteiger charge is 2.46. The molecule has 1 saturated heterocycles. The summed E-state index contributed by atoms with van der Waals surface area (Å²) < 4.78 is 23.1. The molecule has 0 N–H and O–H groups in total. The summed E-state index contributed by atoms with van der Waals surface area (Å²) in [6.07, 6.45) is 9.76. The third-order valence-corrected chi connectivity index (χ3v) is 5.97. The first kappa shape index (κ1) is 23.1. The third-order valence-electron chi connectivity index (χ3n) is 5.97. The Morgan fingerprint density at radius 2 is 1.82 bits per heavy atom. The van der Waals surface area contributed by atoms with Crippen LogP contribution in [0.4, 0.5) is 0 Å². The zero-order chi connectivity index (χ0) is 20.6. The normalized spacial score (nSPS) is 26.0. The molecule has 0 aromatic carbocycles. The van der Waals surface area contributed by atoms with Gasteiger partial charge in [-0.15, -0.1) is 0 Å². The molecule has 2 rings (SSSR count). The zero-order valence-electron chi connectivity index (χ0n) is 18.0. The minimum atomic E-state index is -0.475. The van der Waals surface area contributed by atoms with E-state index in [9.17, 15) is 9.59 Å². The number of methoxy groups -OCH3 is 1. The number of esters is 2. The van der Waals surface area contributed by atoms with E-state index in [2.05, 4.69) is 13.8 Å². The number of ether oxygens (including phenoxy) is 4. The molecule has 2 fully saturated rings. The van der Waals surface area contributed by atoms with Gasteiger partial charge in [-0.05, 0) is 38.0 Å². The number of unbranched alkanes of at least 4 members (excludes halogenated alkanes) is 1. The van der Waals surface area contributed by atoms with Gasteiger partial charge in [-0.3, -0.25) is 9.59 Å². The van der Waals surface area contributed by atoms with Crippen LogP contribution in [0.3, 0.4) is 0 Å². The van der Waals surface area contributed by atoms with Crippen molar-refractivity contribution in [3.63, 3.8) is 0 Å². The van der Waals surface area contributed by atoms with E-state index >= 15 is 0 Å². The van der Waals surface area contributed by atoms with Crippen LogP contribution in [0.25, 0.3) is 0 Å². The van der Waals surface area contributed by atoms with Crippen LogP contribution in [0.5, 0.6) is 0 Å². The number of carbonyl (C=O) groups excluding carboxylic acids is 2. The summed E-state index contributed by atoms with van der Waals surface area (Å²) in [6.45, 7) is 5.67. The first-order valence-electron chi connectivity index (χ1n) is 11.0. The maximum absolute atomic E-state index is 11.7. The van der Waals surface area contributed by atoms with Crippen molar-refractivity contribution >= 4 is 11.9 Å². The average molecular weight is 399 g/mol. The van der Waals surface area contributed by atoms with Crippen molar-refractivity contribution in [3.05, 3.63) is 0 Å². The molecular weight excluding hydrogens is 360 g/mol. The fourth-order valence-corrected chi connectivity index (χ4v) is 4.43. The molecule has 4 atom stereocenters. The minimum Gasteiger partial charge on any atom is -0.469 e. The molecule has 1 spiro atoms. The van der Waals surface area contributed by atoms with Crippen molar-refractivity contribution in [2.45, 2.75) is 115 Å². The summed E-state index contributed by atoms with van der Waals surface area (Å²) in [5, 5.41) is 0. The summed E-state index contributed by atoms with van der Waals surface area (Å²) in [4.78, 5) is 23.1. The van der Waals surface area contributed by atoms with Gasteiger partial charge >= 0.3 is 11.9 Å². The van der Waals surface area contributed by atoms with Gasteiger partial charge in [-0.1, -0.05) is 26.7 Å². The predicted molar refractivity (Wildman–Crippen MR) is 106 cm³/mol. The molecule has 0 aromatic rings. The molecule has 6 heteroatoms. The van der Waals surface area contributed by atoms with Crippen molar-refractivity contribution in [2.75, 3.05) is 7.11 Å². The molecule has 6 nitrogen and oxygen atoms in total. The predicted octanol–water partition coefficient (Wildman–Crippen LogP) is 4.53. The fourth-order valence-electron chi connectivity index (χ4n) is 4.43. The molecule has 0 radical (unpaired) electrons. The largest absolute Gasteiger partial charge is 0.469 e. The van der Waals surface area contributed by atoms with E-state index in [1.54, 1.807) is 0 Å². The fraction of sp³-hybridized carbons (Fsp3) is 0.909. The number of rotatable bonds is 10. The van der Waals surface area contributed by atoms with Crippen molar-refractivity contribution in [1.82, 2.24) is 0 Å². The molecule has 0 aromatic heterocycles. The van der Waals surface area contributed by atoms with Gasteiger partial charge < -0.3 is 18.9 Å². The van der Waals surface area contributed by atoms with Gasteiger partial charge in [0.1, 0.15) is 12.2 Å². The number of hydrogen-bond donors (Lipinski definition) is 0. The first-order chi connectivity index (χ1) is 13.4. The lowest BCUT2D eigenvalue weighted by atomic mass is 9.95. The highest BCUT2D eigenvalue weighted by molar-refractivity contribution is 5.69. The lowest BCUT2D eigenvalue weighted by molar-refractivity contribution is -0.327. The summed E-state index contributed by atoms with van der Waals surface area (Å²) >= 11 is 0. The Hall–Kier alpha value is -1.14. The zero-order valence-corrected chi connectivity index (χ0v) is 18.0. The molecule has 0 bridgehead atoms. The van der Waals surface area contributed by atoms with E-state index in [0.29, 0.717) is 12.3 Å². The lowest BCUT2D eigenvalue weighted by Crippen LogP contribution is -2.51. The Morgan fingerprint density at radius 3 is 2.43 bits per heavy atom. The summed E-state index contributed by atoms with van der Waals surface area (Å²) in [5.41, 5.74) is 0. The van der Waals surface area contributed by atoms with E-state index in [-0.39, 0.29) is 30.3 Å². The molecule has 162 valence electrons. The Bertz CT molecular complexity index is 499. The van der Waals surface area contributed by atoms with Crippen LogP contribution in [0.15, 0.2) is 0 Å². The lowest BCUT2D eigenvalue weighted by Gasteiger charge is -2.44. The molecule has 1 aliphatic heterocycles. The monoisotopic (exact) mass is 398 g/mol. The number of hydrogen-bond acceptors (Lipinski definition) is 6. The van der Waals surface area contributed by atoms with Crippen LogP contribution in [0.1, 0.15) is 91.4 Å². The van der Waals surface area contributed by atoms with Crippen LogP contribution in [0.2, 0.25) is 0 Å².